The number of aromatic nitrogens is 1. The second kappa shape index (κ2) is 5.37. The third-order valence-electron chi connectivity index (χ3n) is 2.10. The summed E-state index contributed by atoms with van der Waals surface area (Å²) >= 11 is 0. The number of carbonyl (C=O) groups excluding carboxylic acids is 2. The van der Waals surface area contributed by atoms with Crippen LogP contribution in [0.4, 0.5) is 0 Å². The Labute approximate surface area is 93.5 Å². The zero-order chi connectivity index (χ0) is 12.1. The van der Waals surface area contributed by atoms with Gasteiger partial charge in [0, 0.05) is 6.20 Å². The zero-order valence-corrected chi connectivity index (χ0v) is 9.18. The van der Waals surface area contributed by atoms with Crippen LogP contribution in [0.25, 0.3) is 0 Å². The van der Waals surface area contributed by atoms with Gasteiger partial charge in [-0.3, -0.25) is 14.6 Å². The SMILES string of the molecule is CC(=O)C(NC(=O)c1ccccn1)C(C)O. The van der Waals surface area contributed by atoms with Gasteiger partial charge in [0.2, 0.25) is 0 Å². The molecule has 1 aromatic rings. The van der Waals surface area contributed by atoms with Gasteiger partial charge < -0.3 is 10.4 Å². The van der Waals surface area contributed by atoms with Crippen LogP contribution in [0.5, 0.6) is 0 Å². The molecule has 16 heavy (non-hydrogen) atoms. The average molecular weight is 222 g/mol. The molecule has 0 aliphatic carbocycles. The van der Waals surface area contributed by atoms with Crippen LogP contribution in [0.1, 0.15) is 24.3 Å². The molecule has 5 heteroatoms. The van der Waals surface area contributed by atoms with Gasteiger partial charge in [-0.05, 0) is 26.0 Å². The van der Waals surface area contributed by atoms with E-state index in [4.69, 9.17) is 0 Å². The minimum atomic E-state index is -0.926. The second-order valence-corrected chi connectivity index (χ2v) is 3.52. The third kappa shape index (κ3) is 3.13. The highest BCUT2D eigenvalue weighted by molar-refractivity contribution is 5.96. The number of ketones is 1. The molecule has 0 aliphatic heterocycles. The Hall–Kier alpha value is -1.75. The first kappa shape index (κ1) is 12.3. The van der Waals surface area contributed by atoms with Crippen molar-refractivity contribution in [3.63, 3.8) is 0 Å². The summed E-state index contributed by atoms with van der Waals surface area (Å²) in [7, 11) is 0. The molecule has 1 heterocycles. The third-order valence-corrected chi connectivity index (χ3v) is 2.10. The Morgan fingerprint density at radius 3 is 2.56 bits per heavy atom. The summed E-state index contributed by atoms with van der Waals surface area (Å²) in [5.41, 5.74) is 0.217. The van der Waals surface area contributed by atoms with Gasteiger partial charge in [-0.1, -0.05) is 6.07 Å². The standard InChI is InChI=1S/C11H14N2O3/c1-7(14)10(8(2)15)13-11(16)9-5-3-4-6-12-9/h3-7,10,14H,1-2H3,(H,13,16). The van der Waals surface area contributed by atoms with Crippen LogP contribution in [0.3, 0.4) is 0 Å². The number of hydrogen-bond acceptors (Lipinski definition) is 4. The summed E-state index contributed by atoms with van der Waals surface area (Å²) in [5.74, 6) is -0.763. The summed E-state index contributed by atoms with van der Waals surface area (Å²) in [6.07, 6.45) is 0.560. The molecule has 2 atom stereocenters. The molecule has 2 unspecified atom stereocenters. The minimum Gasteiger partial charge on any atom is -0.391 e. The van der Waals surface area contributed by atoms with E-state index in [2.05, 4.69) is 10.3 Å². The highest BCUT2D eigenvalue weighted by Gasteiger charge is 2.22. The van der Waals surface area contributed by atoms with Crippen molar-refractivity contribution in [3.8, 4) is 0 Å². The smallest absolute Gasteiger partial charge is 0.270 e. The Morgan fingerprint density at radius 2 is 2.12 bits per heavy atom. The Morgan fingerprint density at radius 1 is 1.44 bits per heavy atom. The van der Waals surface area contributed by atoms with Gasteiger partial charge in [-0.2, -0.15) is 0 Å². The lowest BCUT2D eigenvalue weighted by Crippen LogP contribution is -2.46. The highest BCUT2D eigenvalue weighted by Crippen LogP contribution is 1.98. The second-order valence-electron chi connectivity index (χ2n) is 3.52. The highest BCUT2D eigenvalue weighted by atomic mass is 16.3. The van der Waals surface area contributed by atoms with Crippen molar-refractivity contribution in [2.75, 3.05) is 0 Å². The van der Waals surface area contributed by atoms with E-state index in [0.29, 0.717) is 0 Å². The number of rotatable bonds is 4. The summed E-state index contributed by atoms with van der Waals surface area (Å²) in [4.78, 5) is 26.6. The molecular formula is C11H14N2O3. The van der Waals surface area contributed by atoms with Gasteiger partial charge in [-0.15, -0.1) is 0 Å². The molecule has 0 bridgehead atoms. The fourth-order valence-electron chi connectivity index (χ4n) is 1.27. The first-order chi connectivity index (χ1) is 7.52. The fourth-order valence-corrected chi connectivity index (χ4v) is 1.27. The van der Waals surface area contributed by atoms with E-state index in [9.17, 15) is 14.7 Å². The van der Waals surface area contributed by atoms with Crippen molar-refractivity contribution in [3.05, 3.63) is 30.1 Å². The van der Waals surface area contributed by atoms with E-state index in [0.717, 1.165) is 0 Å². The lowest BCUT2D eigenvalue weighted by atomic mass is 10.1. The number of nitrogens with one attached hydrogen (secondary N) is 1. The van der Waals surface area contributed by atoms with E-state index in [1.165, 1.54) is 26.1 Å². The van der Waals surface area contributed by atoms with E-state index in [1.807, 2.05) is 0 Å². The molecule has 2 N–H and O–H groups in total. The maximum Gasteiger partial charge on any atom is 0.270 e. The number of carbonyl (C=O) groups is 2. The summed E-state index contributed by atoms with van der Waals surface area (Å²) in [5, 5.41) is 11.8. The quantitative estimate of drug-likeness (QED) is 0.760. The fraction of sp³-hybridized carbons (Fsp3) is 0.364. The maximum atomic E-state index is 11.6. The van der Waals surface area contributed by atoms with Crippen molar-refractivity contribution in [1.82, 2.24) is 10.3 Å². The summed E-state index contributed by atoms with van der Waals surface area (Å²) < 4.78 is 0. The predicted octanol–water partition coefficient (Wildman–Crippen LogP) is 0.150. The van der Waals surface area contributed by atoms with Crippen LogP contribution in [-0.2, 0) is 4.79 Å². The summed E-state index contributed by atoms with van der Waals surface area (Å²) in [6.45, 7) is 2.76. The topological polar surface area (TPSA) is 79.3 Å². The van der Waals surface area contributed by atoms with Crippen LogP contribution in [-0.4, -0.2) is 33.9 Å². The number of aliphatic hydroxyl groups is 1. The van der Waals surface area contributed by atoms with Gasteiger partial charge in [0.15, 0.2) is 5.78 Å². The van der Waals surface area contributed by atoms with Crippen molar-refractivity contribution in [2.45, 2.75) is 26.0 Å². The van der Waals surface area contributed by atoms with Crippen molar-refractivity contribution in [2.24, 2.45) is 0 Å². The number of aliphatic hydroxyl groups excluding tert-OH is 1. The molecular weight excluding hydrogens is 208 g/mol. The normalized spacial score (nSPS) is 13.9. The molecule has 0 spiro atoms. The van der Waals surface area contributed by atoms with Crippen molar-refractivity contribution >= 4 is 11.7 Å². The maximum absolute atomic E-state index is 11.6. The molecule has 0 aliphatic rings. The molecule has 0 fully saturated rings. The monoisotopic (exact) mass is 222 g/mol. The van der Waals surface area contributed by atoms with Crippen molar-refractivity contribution < 1.29 is 14.7 Å². The molecule has 86 valence electrons. The lowest BCUT2D eigenvalue weighted by molar-refractivity contribution is -0.121. The van der Waals surface area contributed by atoms with Crippen LogP contribution >= 0.6 is 0 Å². The first-order valence-electron chi connectivity index (χ1n) is 4.92. The van der Waals surface area contributed by atoms with E-state index < -0.39 is 18.1 Å². The molecule has 5 nitrogen and oxygen atoms in total. The number of hydrogen-bond donors (Lipinski definition) is 2. The van der Waals surface area contributed by atoms with Crippen LogP contribution in [0.15, 0.2) is 24.4 Å². The van der Waals surface area contributed by atoms with Gasteiger partial charge in [0.1, 0.15) is 11.7 Å². The van der Waals surface area contributed by atoms with E-state index in [-0.39, 0.29) is 11.5 Å². The molecule has 0 saturated heterocycles. The largest absolute Gasteiger partial charge is 0.391 e. The summed E-state index contributed by atoms with van der Waals surface area (Å²) in [6, 6.07) is 4.00. The molecule has 1 amide bonds. The van der Waals surface area contributed by atoms with Gasteiger partial charge in [-0.25, -0.2) is 0 Å². The molecule has 1 rings (SSSR count). The Balaban J connectivity index is 2.74. The first-order valence-corrected chi connectivity index (χ1v) is 4.92. The predicted molar refractivity (Wildman–Crippen MR) is 57.9 cm³/mol. The Bertz CT molecular complexity index is 376. The van der Waals surface area contributed by atoms with E-state index >= 15 is 0 Å². The molecule has 0 saturated carbocycles. The Kier molecular flexibility index (Phi) is 4.13. The number of Topliss-reactive ketones (excluding diaryl/α,β-unsaturated/α-hetero) is 1. The molecule has 0 radical (unpaired) electrons. The lowest BCUT2D eigenvalue weighted by Gasteiger charge is -2.18. The molecule has 1 aromatic heterocycles. The number of amides is 1. The zero-order valence-electron chi connectivity index (χ0n) is 9.18. The van der Waals surface area contributed by atoms with Crippen LogP contribution in [0, 0.1) is 0 Å². The molecule has 0 aromatic carbocycles. The van der Waals surface area contributed by atoms with E-state index in [1.54, 1.807) is 12.1 Å². The minimum absolute atomic E-state index is 0.217. The number of nitrogens with zero attached hydrogens (tertiary/aromatic N) is 1. The van der Waals surface area contributed by atoms with Gasteiger partial charge in [0.05, 0.1) is 6.10 Å². The van der Waals surface area contributed by atoms with Gasteiger partial charge in [0.25, 0.3) is 5.91 Å². The van der Waals surface area contributed by atoms with Crippen molar-refractivity contribution in [1.29, 1.82) is 0 Å². The van der Waals surface area contributed by atoms with Crippen LogP contribution in [0.2, 0.25) is 0 Å². The van der Waals surface area contributed by atoms with Gasteiger partial charge >= 0.3 is 0 Å². The van der Waals surface area contributed by atoms with Crippen LogP contribution < -0.4 is 5.32 Å². The number of pyridine rings is 1. The average Bonchev–Trinajstić information content (AvgIpc) is 2.25.